The number of hydrogen-bond donors (Lipinski definition) is 1. The highest BCUT2D eigenvalue weighted by atomic mass is 35.5. The number of benzene rings is 2. The number of anilines is 1. The Morgan fingerprint density at radius 1 is 1.09 bits per heavy atom. The van der Waals surface area contributed by atoms with Crippen molar-refractivity contribution in [2.45, 2.75) is 13.0 Å². The number of amides is 1. The lowest BCUT2D eigenvalue weighted by molar-refractivity contribution is -0.148. The van der Waals surface area contributed by atoms with Crippen molar-refractivity contribution < 1.29 is 14.3 Å². The SMILES string of the molecule is C[C@H](OC(=O)/C=C/c1ccccc1)C(=O)Nc1ccc(Cl)cc1. The number of hydrogen-bond acceptors (Lipinski definition) is 3. The van der Waals surface area contributed by atoms with Crippen LogP contribution in [0.3, 0.4) is 0 Å². The number of halogens is 1. The van der Waals surface area contributed by atoms with Gasteiger partial charge in [0.1, 0.15) is 0 Å². The summed E-state index contributed by atoms with van der Waals surface area (Å²) in [6, 6.07) is 16.0. The molecule has 0 bridgehead atoms. The van der Waals surface area contributed by atoms with Crippen LogP contribution in [0.4, 0.5) is 5.69 Å². The van der Waals surface area contributed by atoms with E-state index in [-0.39, 0.29) is 0 Å². The van der Waals surface area contributed by atoms with E-state index in [1.54, 1.807) is 30.3 Å². The first-order chi connectivity index (χ1) is 11.0. The standard InChI is InChI=1S/C18H16ClNO3/c1-13(18(22)20-16-10-8-15(19)9-11-16)23-17(21)12-7-14-5-3-2-4-6-14/h2-13H,1H3,(H,20,22)/b12-7+/t13-/m0/s1. The van der Waals surface area contributed by atoms with Crippen molar-refractivity contribution in [1.29, 1.82) is 0 Å². The van der Waals surface area contributed by atoms with Gasteiger partial charge in [-0.3, -0.25) is 4.79 Å². The zero-order valence-corrected chi connectivity index (χ0v) is 13.3. The van der Waals surface area contributed by atoms with Crippen molar-refractivity contribution in [2.75, 3.05) is 5.32 Å². The van der Waals surface area contributed by atoms with Crippen molar-refractivity contribution in [3.05, 3.63) is 71.3 Å². The van der Waals surface area contributed by atoms with Crippen molar-refractivity contribution in [1.82, 2.24) is 0 Å². The molecule has 2 rings (SSSR count). The second kappa shape index (κ2) is 8.15. The second-order valence-corrected chi connectivity index (χ2v) is 5.26. The maximum atomic E-state index is 12.0. The molecule has 0 saturated heterocycles. The first-order valence-corrected chi connectivity index (χ1v) is 7.42. The Kier molecular flexibility index (Phi) is 5.94. The van der Waals surface area contributed by atoms with Crippen LogP contribution in [-0.4, -0.2) is 18.0 Å². The molecule has 0 aromatic heterocycles. The minimum Gasteiger partial charge on any atom is -0.449 e. The Balaban J connectivity index is 1.86. The summed E-state index contributed by atoms with van der Waals surface area (Å²) in [5.74, 6) is -0.985. The van der Waals surface area contributed by atoms with Crippen LogP contribution in [0.1, 0.15) is 12.5 Å². The van der Waals surface area contributed by atoms with Gasteiger partial charge < -0.3 is 10.1 Å². The molecule has 0 spiro atoms. The molecular formula is C18H16ClNO3. The number of carbonyl (C=O) groups excluding carboxylic acids is 2. The zero-order valence-electron chi connectivity index (χ0n) is 12.5. The lowest BCUT2D eigenvalue weighted by Crippen LogP contribution is -2.29. The monoisotopic (exact) mass is 329 g/mol. The largest absolute Gasteiger partial charge is 0.449 e. The van der Waals surface area contributed by atoms with Gasteiger partial charge in [0, 0.05) is 16.8 Å². The van der Waals surface area contributed by atoms with E-state index in [2.05, 4.69) is 5.32 Å². The minimum atomic E-state index is -0.904. The minimum absolute atomic E-state index is 0.409. The van der Waals surface area contributed by atoms with E-state index in [1.807, 2.05) is 30.3 Å². The van der Waals surface area contributed by atoms with Crippen LogP contribution < -0.4 is 5.32 Å². The Morgan fingerprint density at radius 3 is 2.39 bits per heavy atom. The van der Waals surface area contributed by atoms with Gasteiger partial charge in [-0.1, -0.05) is 41.9 Å². The van der Waals surface area contributed by atoms with Crippen molar-refractivity contribution in [3.63, 3.8) is 0 Å². The molecule has 0 heterocycles. The summed E-state index contributed by atoms with van der Waals surface area (Å²) in [4.78, 5) is 23.7. The molecule has 0 unspecified atom stereocenters. The number of nitrogens with one attached hydrogen (secondary N) is 1. The molecule has 0 saturated carbocycles. The molecular weight excluding hydrogens is 314 g/mol. The molecule has 118 valence electrons. The smallest absolute Gasteiger partial charge is 0.331 e. The van der Waals surface area contributed by atoms with Gasteiger partial charge in [0.25, 0.3) is 5.91 Å². The quantitative estimate of drug-likeness (QED) is 0.668. The average molecular weight is 330 g/mol. The fourth-order valence-corrected chi connectivity index (χ4v) is 1.90. The second-order valence-electron chi connectivity index (χ2n) is 4.82. The lowest BCUT2D eigenvalue weighted by atomic mass is 10.2. The predicted molar refractivity (Wildman–Crippen MR) is 91.1 cm³/mol. The number of rotatable bonds is 5. The molecule has 1 atom stereocenters. The molecule has 0 aliphatic rings. The van der Waals surface area contributed by atoms with Crippen LogP contribution >= 0.6 is 11.6 Å². The summed E-state index contributed by atoms with van der Waals surface area (Å²) in [6.45, 7) is 1.51. The van der Waals surface area contributed by atoms with E-state index >= 15 is 0 Å². The van der Waals surface area contributed by atoms with E-state index < -0.39 is 18.0 Å². The Hall–Kier alpha value is -2.59. The molecule has 0 fully saturated rings. The van der Waals surface area contributed by atoms with Crippen LogP contribution in [-0.2, 0) is 14.3 Å². The predicted octanol–water partition coefficient (Wildman–Crippen LogP) is 3.92. The van der Waals surface area contributed by atoms with Gasteiger partial charge in [-0.15, -0.1) is 0 Å². The zero-order chi connectivity index (χ0) is 16.7. The van der Waals surface area contributed by atoms with Crippen LogP contribution in [0, 0.1) is 0 Å². The number of ether oxygens (including phenoxy) is 1. The summed E-state index contributed by atoms with van der Waals surface area (Å²) < 4.78 is 5.07. The Labute approximate surface area is 139 Å². The first-order valence-electron chi connectivity index (χ1n) is 7.05. The fraction of sp³-hybridized carbons (Fsp3) is 0.111. The molecule has 4 nitrogen and oxygen atoms in total. The highest BCUT2D eigenvalue weighted by Crippen LogP contribution is 2.14. The summed E-state index contributed by atoms with van der Waals surface area (Å²) in [5, 5.41) is 3.23. The van der Waals surface area contributed by atoms with Gasteiger partial charge in [-0.25, -0.2) is 4.79 Å². The summed E-state index contributed by atoms with van der Waals surface area (Å²) in [5.41, 5.74) is 1.46. The molecule has 5 heteroatoms. The van der Waals surface area contributed by atoms with E-state index in [1.165, 1.54) is 13.0 Å². The van der Waals surface area contributed by atoms with Crippen LogP contribution in [0.15, 0.2) is 60.7 Å². The van der Waals surface area contributed by atoms with Gasteiger partial charge >= 0.3 is 5.97 Å². The Morgan fingerprint density at radius 2 is 1.74 bits per heavy atom. The van der Waals surface area contributed by atoms with Crippen LogP contribution in [0.5, 0.6) is 0 Å². The average Bonchev–Trinajstić information content (AvgIpc) is 2.56. The van der Waals surface area contributed by atoms with Gasteiger partial charge in [0.05, 0.1) is 0 Å². The number of esters is 1. The van der Waals surface area contributed by atoms with Gasteiger partial charge in [-0.05, 0) is 42.8 Å². The molecule has 0 radical (unpaired) electrons. The first kappa shape index (κ1) is 16.8. The van der Waals surface area contributed by atoms with Gasteiger partial charge in [-0.2, -0.15) is 0 Å². The third-order valence-corrected chi connectivity index (χ3v) is 3.24. The van der Waals surface area contributed by atoms with Crippen LogP contribution in [0.25, 0.3) is 6.08 Å². The van der Waals surface area contributed by atoms with Crippen molar-refractivity contribution in [3.8, 4) is 0 Å². The molecule has 23 heavy (non-hydrogen) atoms. The summed E-state index contributed by atoms with van der Waals surface area (Å²) in [7, 11) is 0. The van der Waals surface area contributed by atoms with E-state index in [4.69, 9.17) is 16.3 Å². The summed E-state index contributed by atoms with van der Waals surface area (Å²) in [6.07, 6.45) is 2.02. The molecule has 0 aliphatic carbocycles. The number of carbonyl (C=O) groups is 2. The van der Waals surface area contributed by atoms with Gasteiger partial charge in [0.2, 0.25) is 0 Å². The maximum absolute atomic E-state index is 12.0. The molecule has 1 amide bonds. The molecule has 2 aromatic rings. The topological polar surface area (TPSA) is 55.4 Å². The van der Waals surface area contributed by atoms with Gasteiger partial charge in [0.15, 0.2) is 6.10 Å². The third kappa shape index (κ3) is 5.60. The fourth-order valence-electron chi connectivity index (χ4n) is 1.77. The molecule has 2 aromatic carbocycles. The normalized spacial score (nSPS) is 11.9. The summed E-state index contributed by atoms with van der Waals surface area (Å²) >= 11 is 5.78. The Bertz CT molecular complexity index is 696. The van der Waals surface area contributed by atoms with Crippen LogP contribution in [0.2, 0.25) is 5.02 Å². The maximum Gasteiger partial charge on any atom is 0.331 e. The van der Waals surface area contributed by atoms with Crippen molar-refractivity contribution >= 4 is 35.2 Å². The molecule has 1 N–H and O–H groups in total. The highest BCUT2D eigenvalue weighted by Gasteiger charge is 2.16. The highest BCUT2D eigenvalue weighted by molar-refractivity contribution is 6.30. The lowest BCUT2D eigenvalue weighted by Gasteiger charge is -2.12. The van der Waals surface area contributed by atoms with E-state index in [9.17, 15) is 9.59 Å². The van der Waals surface area contributed by atoms with Crippen molar-refractivity contribution in [2.24, 2.45) is 0 Å². The van der Waals surface area contributed by atoms with E-state index in [0.29, 0.717) is 10.7 Å². The third-order valence-electron chi connectivity index (χ3n) is 2.99. The molecule has 0 aliphatic heterocycles. The van der Waals surface area contributed by atoms with E-state index in [0.717, 1.165) is 5.56 Å².